The maximum Gasteiger partial charge on any atom is 0.207 e. The van der Waals surface area contributed by atoms with Crippen LogP contribution in [0.1, 0.15) is 0 Å². The van der Waals surface area contributed by atoms with Gasteiger partial charge in [-0.15, -0.1) is 6.58 Å². The van der Waals surface area contributed by atoms with Crippen molar-refractivity contribution in [1.82, 2.24) is 9.55 Å². The van der Waals surface area contributed by atoms with Crippen molar-refractivity contribution < 1.29 is 13.2 Å². The van der Waals surface area contributed by atoms with Gasteiger partial charge >= 0.3 is 0 Å². The third kappa shape index (κ3) is 2.22. The van der Waals surface area contributed by atoms with Gasteiger partial charge in [0.1, 0.15) is 0 Å². The van der Waals surface area contributed by atoms with Gasteiger partial charge in [0.15, 0.2) is 17.5 Å². The van der Waals surface area contributed by atoms with Crippen LogP contribution in [-0.4, -0.2) is 16.1 Å². The molecule has 1 aromatic heterocycles. The lowest BCUT2D eigenvalue weighted by Gasteiger charge is -2.09. The van der Waals surface area contributed by atoms with Gasteiger partial charge in [0.25, 0.3) is 0 Å². The van der Waals surface area contributed by atoms with Crippen LogP contribution in [0.5, 0.6) is 0 Å². The lowest BCUT2D eigenvalue weighted by molar-refractivity contribution is 0.446. The lowest BCUT2D eigenvalue weighted by atomic mass is 10.3. The molecule has 0 fully saturated rings. The van der Waals surface area contributed by atoms with E-state index in [0.29, 0.717) is 12.5 Å². The molecule has 1 heterocycles. The van der Waals surface area contributed by atoms with Gasteiger partial charge in [-0.25, -0.2) is 18.2 Å². The molecule has 94 valence electrons. The maximum atomic E-state index is 13.1. The van der Waals surface area contributed by atoms with Crippen molar-refractivity contribution in [2.75, 3.05) is 11.9 Å². The van der Waals surface area contributed by atoms with Crippen LogP contribution < -0.4 is 5.32 Å². The number of aromatic nitrogens is 2. The van der Waals surface area contributed by atoms with Gasteiger partial charge in [0.2, 0.25) is 5.95 Å². The van der Waals surface area contributed by atoms with Crippen LogP contribution in [0, 0.1) is 17.5 Å². The minimum atomic E-state index is -1.49. The second-order valence-electron chi connectivity index (χ2n) is 3.51. The van der Waals surface area contributed by atoms with E-state index in [9.17, 15) is 13.2 Å². The zero-order valence-corrected chi connectivity index (χ0v) is 9.33. The van der Waals surface area contributed by atoms with Gasteiger partial charge in [-0.05, 0) is 0 Å². The van der Waals surface area contributed by atoms with Crippen molar-refractivity contribution in [3.05, 3.63) is 54.6 Å². The number of anilines is 1. The van der Waals surface area contributed by atoms with Crippen LogP contribution in [0.2, 0.25) is 0 Å². The predicted octanol–water partition coefficient (Wildman–Crippen LogP) is 2.89. The van der Waals surface area contributed by atoms with Gasteiger partial charge < -0.3 is 5.32 Å². The number of halogens is 3. The normalized spacial score (nSPS) is 10.4. The molecule has 1 N–H and O–H groups in total. The molecule has 0 amide bonds. The summed E-state index contributed by atoms with van der Waals surface area (Å²) in [4.78, 5) is 3.98. The van der Waals surface area contributed by atoms with E-state index in [1.165, 1.54) is 17.0 Å². The van der Waals surface area contributed by atoms with Gasteiger partial charge in [0.05, 0.1) is 5.69 Å². The predicted molar refractivity (Wildman–Crippen MR) is 62.1 cm³/mol. The summed E-state index contributed by atoms with van der Waals surface area (Å²) in [5, 5.41) is 2.89. The Bertz CT molecular complexity index is 555. The minimum absolute atomic E-state index is 0.149. The van der Waals surface area contributed by atoms with Gasteiger partial charge in [0, 0.05) is 31.1 Å². The van der Waals surface area contributed by atoms with Crippen LogP contribution in [0.4, 0.5) is 19.1 Å². The van der Waals surface area contributed by atoms with E-state index in [0.717, 1.165) is 12.1 Å². The maximum absolute atomic E-state index is 13.1. The monoisotopic (exact) mass is 253 g/mol. The van der Waals surface area contributed by atoms with Crippen LogP contribution >= 0.6 is 0 Å². The van der Waals surface area contributed by atoms with Crippen molar-refractivity contribution in [3.63, 3.8) is 0 Å². The zero-order chi connectivity index (χ0) is 13.1. The summed E-state index contributed by atoms with van der Waals surface area (Å²) in [6, 6.07) is 1.80. The Morgan fingerprint density at radius 3 is 2.56 bits per heavy atom. The van der Waals surface area contributed by atoms with Crippen molar-refractivity contribution in [2.24, 2.45) is 0 Å². The molecule has 18 heavy (non-hydrogen) atoms. The van der Waals surface area contributed by atoms with Crippen LogP contribution in [0.15, 0.2) is 37.2 Å². The molecule has 1 aromatic carbocycles. The topological polar surface area (TPSA) is 29.9 Å². The highest BCUT2D eigenvalue weighted by atomic mass is 19.2. The number of rotatable bonds is 4. The third-order valence-electron chi connectivity index (χ3n) is 2.29. The second-order valence-corrected chi connectivity index (χ2v) is 3.51. The van der Waals surface area contributed by atoms with Gasteiger partial charge in [-0.3, -0.25) is 4.57 Å². The molecule has 2 rings (SSSR count). The highest BCUT2D eigenvalue weighted by Gasteiger charge is 2.13. The fraction of sp³-hybridized carbons (Fsp3) is 0.0833. The largest absolute Gasteiger partial charge is 0.352 e. The van der Waals surface area contributed by atoms with E-state index in [-0.39, 0.29) is 5.69 Å². The highest BCUT2D eigenvalue weighted by Crippen LogP contribution is 2.19. The van der Waals surface area contributed by atoms with E-state index < -0.39 is 17.5 Å². The van der Waals surface area contributed by atoms with E-state index >= 15 is 0 Å². The minimum Gasteiger partial charge on any atom is -0.352 e. The number of hydrogen-bond acceptors (Lipinski definition) is 2. The Balaban J connectivity index is 2.42. The first-order valence-electron chi connectivity index (χ1n) is 5.16. The fourth-order valence-electron chi connectivity index (χ4n) is 1.49. The first kappa shape index (κ1) is 12.2. The van der Waals surface area contributed by atoms with Crippen molar-refractivity contribution in [1.29, 1.82) is 0 Å². The Morgan fingerprint density at radius 2 is 1.94 bits per heavy atom. The molecule has 0 bridgehead atoms. The van der Waals surface area contributed by atoms with Gasteiger partial charge in [-0.1, -0.05) is 6.08 Å². The summed E-state index contributed by atoms with van der Waals surface area (Å²) in [7, 11) is 0. The Hall–Kier alpha value is -2.24. The molecule has 2 aromatic rings. The molecular formula is C12H10F3N3. The summed E-state index contributed by atoms with van der Waals surface area (Å²) in [5.41, 5.74) is 0.149. The average Bonchev–Trinajstić information content (AvgIpc) is 2.81. The Kier molecular flexibility index (Phi) is 3.36. The van der Waals surface area contributed by atoms with E-state index in [1.54, 1.807) is 6.08 Å². The average molecular weight is 253 g/mol. The molecule has 0 aliphatic carbocycles. The lowest BCUT2D eigenvalue weighted by Crippen LogP contribution is -2.06. The molecule has 0 aliphatic rings. The summed E-state index contributed by atoms with van der Waals surface area (Å²) in [5.74, 6) is -3.58. The molecule has 0 radical (unpaired) electrons. The zero-order valence-electron chi connectivity index (χ0n) is 9.33. The molecule has 3 nitrogen and oxygen atoms in total. The molecule has 0 aliphatic heterocycles. The van der Waals surface area contributed by atoms with Crippen molar-refractivity contribution >= 4 is 5.95 Å². The fourth-order valence-corrected chi connectivity index (χ4v) is 1.49. The van der Waals surface area contributed by atoms with Crippen molar-refractivity contribution in [3.8, 4) is 5.69 Å². The third-order valence-corrected chi connectivity index (χ3v) is 2.29. The second kappa shape index (κ2) is 4.95. The molecule has 0 saturated heterocycles. The SMILES string of the molecule is C=CCNc1nccn1-c1cc(F)c(F)c(F)c1. The molecule has 0 atom stereocenters. The van der Waals surface area contributed by atoms with E-state index in [2.05, 4.69) is 16.9 Å². The van der Waals surface area contributed by atoms with Crippen LogP contribution in [0.25, 0.3) is 5.69 Å². The molecule has 0 saturated carbocycles. The summed E-state index contributed by atoms with van der Waals surface area (Å²) >= 11 is 0. The quantitative estimate of drug-likeness (QED) is 0.670. The number of benzene rings is 1. The number of imidazole rings is 1. The first-order valence-corrected chi connectivity index (χ1v) is 5.16. The van der Waals surface area contributed by atoms with Crippen LogP contribution in [0.3, 0.4) is 0 Å². The summed E-state index contributed by atoms with van der Waals surface area (Å²) < 4.78 is 40.5. The number of nitrogens with one attached hydrogen (secondary N) is 1. The smallest absolute Gasteiger partial charge is 0.207 e. The molecule has 6 heteroatoms. The van der Waals surface area contributed by atoms with E-state index in [1.807, 2.05) is 0 Å². The highest BCUT2D eigenvalue weighted by molar-refractivity contribution is 5.42. The first-order chi connectivity index (χ1) is 8.63. The molecule has 0 unspecified atom stereocenters. The van der Waals surface area contributed by atoms with Crippen molar-refractivity contribution in [2.45, 2.75) is 0 Å². The Labute approximate surface area is 102 Å². The number of nitrogens with zero attached hydrogens (tertiary/aromatic N) is 2. The molecule has 0 spiro atoms. The summed E-state index contributed by atoms with van der Waals surface area (Å²) in [6.45, 7) is 3.98. The van der Waals surface area contributed by atoms with Crippen LogP contribution in [-0.2, 0) is 0 Å². The number of hydrogen-bond donors (Lipinski definition) is 1. The van der Waals surface area contributed by atoms with Gasteiger partial charge in [-0.2, -0.15) is 0 Å². The Morgan fingerprint density at radius 1 is 1.28 bits per heavy atom. The van der Waals surface area contributed by atoms with E-state index in [4.69, 9.17) is 0 Å². The molecular weight excluding hydrogens is 243 g/mol. The standard InChI is InChI=1S/C12H10F3N3/c1-2-3-16-12-17-4-5-18(12)8-6-9(13)11(15)10(14)7-8/h2,4-7H,1,3H2,(H,16,17). The summed E-state index contributed by atoms with van der Waals surface area (Å²) in [6.07, 6.45) is 4.59.